The van der Waals surface area contributed by atoms with Gasteiger partial charge in [0.2, 0.25) is 15.9 Å². The minimum Gasteiger partial charge on any atom is -0.350 e. The van der Waals surface area contributed by atoms with Gasteiger partial charge in [-0.15, -0.1) is 0 Å². The van der Waals surface area contributed by atoms with E-state index in [1.54, 1.807) is 49.4 Å². The summed E-state index contributed by atoms with van der Waals surface area (Å²) in [5, 5.41) is 3.66. The summed E-state index contributed by atoms with van der Waals surface area (Å²) < 4.78 is 25.6. The van der Waals surface area contributed by atoms with Crippen molar-refractivity contribution in [1.29, 1.82) is 0 Å². The van der Waals surface area contributed by atoms with Gasteiger partial charge in [0.05, 0.1) is 11.9 Å². The summed E-state index contributed by atoms with van der Waals surface area (Å²) in [6.07, 6.45) is 1.08. The topological polar surface area (TPSA) is 66.5 Å². The summed E-state index contributed by atoms with van der Waals surface area (Å²) in [6, 6.07) is 11.0. The lowest BCUT2D eigenvalue weighted by Gasteiger charge is -2.28. The quantitative estimate of drug-likeness (QED) is 0.781. The van der Waals surface area contributed by atoms with E-state index >= 15 is 0 Å². The highest BCUT2D eigenvalue weighted by Gasteiger charge is 2.28. The van der Waals surface area contributed by atoms with Gasteiger partial charge in [0.25, 0.3) is 0 Å². The first kappa shape index (κ1) is 20.6. The Morgan fingerprint density at radius 2 is 1.77 bits per heavy atom. The molecule has 140 valence electrons. The van der Waals surface area contributed by atoms with Gasteiger partial charge in [-0.3, -0.25) is 9.10 Å². The van der Waals surface area contributed by atoms with Crippen LogP contribution in [0, 0.1) is 6.92 Å². The Morgan fingerprint density at radius 3 is 2.31 bits per heavy atom. The molecule has 1 N–H and O–H groups in total. The molecule has 0 bridgehead atoms. The zero-order valence-corrected chi connectivity index (χ0v) is 17.0. The number of nitrogens with one attached hydrogen (secondary N) is 1. The van der Waals surface area contributed by atoms with Crippen LogP contribution in [-0.4, -0.2) is 26.6 Å². The van der Waals surface area contributed by atoms with E-state index in [-0.39, 0.29) is 6.54 Å². The molecule has 0 aliphatic heterocycles. The average Bonchev–Trinajstić information content (AvgIpc) is 2.54. The number of halogens is 2. The molecule has 1 amide bonds. The second-order valence-electron chi connectivity index (χ2n) is 6.02. The second-order valence-corrected chi connectivity index (χ2v) is 8.73. The molecule has 2 aromatic rings. The number of aryl methyl sites for hydroxylation is 1. The Bertz CT molecular complexity index is 899. The Morgan fingerprint density at radius 1 is 1.15 bits per heavy atom. The largest absolute Gasteiger partial charge is 0.350 e. The van der Waals surface area contributed by atoms with Crippen LogP contribution in [0.2, 0.25) is 10.0 Å². The third-order valence-corrected chi connectivity index (χ3v) is 5.67. The smallest absolute Gasteiger partial charge is 0.243 e. The summed E-state index contributed by atoms with van der Waals surface area (Å²) in [5.41, 5.74) is 2.12. The van der Waals surface area contributed by atoms with E-state index in [4.69, 9.17) is 23.2 Å². The molecule has 1 atom stereocenters. The summed E-state index contributed by atoms with van der Waals surface area (Å²) in [7, 11) is -3.64. The van der Waals surface area contributed by atoms with E-state index in [9.17, 15) is 13.2 Å². The molecule has 0 saturated carbocycles. The summed E-state index contributed by atoms with van der Waals surface area (Å²) in [4.78, 5) is 12.5. The van der Waals surface area contributed by atoms with Crippen molar-refractivity contribution in [2.75, 3.05) is 10.6 Å². The molecule has 0 aromatic heterocycles. The van der Waals surface area contributed by atoms with Gasteiger partial charge in [0.15, 0.2) is 0 Å². The van der Waals surface area contributed by atoms with Gasteiger partial charge in [-0.2, -0.15) is 0 Å². The van der Waals surface area contributed by atoms with Crippen molar-refractivity contribution >= 4 is 44.8 Å². The number of carbonyl (C=O) groups excluding carboxylic acids is 1. The van der Waals surface area contributed by atoms with Crippen LogP contribution in [-0.2, 0) is 21.4 Å². The fourth-order valence-corrected chi connectivity index (χ4v) is 4.15. The molecule has 0 radical (unpaired) electrons. The predicted molar refractivity (Wildman–Crippen MR) is 106 cm³/mol. The van der Waals surface area contributed by atoms with Crippen molar-refractivity contribution in [3.8, 4) is 0 Å². The second kappa shape index (κ2) is 8.29. The molecule has 0 heterocycles. The van der Waals surface area contributed by atoms with Gasteiger partial charge in [0.1, 0.15) is 6.04 Å². The van der Waals surface area contributed by atoms with Crippen LogP contribution in [0.15, 0.2) is 42.5 Å². The van der Waals surface area contributed by atoms with E-state index in [0.717, 1.165) is 16.1 Å². The fourth-order valence-electron chi connectivity index (χ4n) is 2.50. The molecule has 0 saturated heterocycles. The Kier molecular flexibility index (Phi) is 6.55. The summed E-state index contributed by atoms with van der Waals surface area (Å²) in [5.74, 6) is -0.429. The van der Waals surface area contributed by atoms with Crippen molar-refractivity contribution in [1.82, 2.24) is 5.32 Å². The molecule has 0 aliphatic carbocycles. The van der Waals surface area contributed by atoms with Gasteiger partial charge >= 0.3 is 0 Å². The number of benzene rings is 2. The molecule has 2 aromatic carbocycles. The van der Waals surface area contributed by atoms with Gasteiger partial charge in [0, 0.05) is 16.6 Å². The molecule has 2 rings (SSSR count). The summed E-state index contributed by atoms with van der Waals surface area (Å²) in [6.45, 7) is 3.62. The zero-order chi connectivity index (χ0) is 19.5. The van der Waals surface area contributed by atoms with Crippen LogP contribution >= 0.6 is 23.2 Å². The lowest BCUT2D eigenvalue weighted by molar-refractivity contribution is -0.122. The minimum atomic E-state index is -3.64. The van der Waals surface area contributed by atoms with E-state index < -0.39 is 22.0 Å². The number of nitrogens with zero attached hydrogens (tertiary/aromatic N) is 1. The predicted octanol–water partition coefficient (Wildman–Crippen LogP) is 3.77. The highest BCUT2D eigenvalue weighted by Crippen LogP contribution is 2.23. The van der Waals surface area contributed by atoms with Crippen molar-refractivity contribution in [2.45, 2.75) is 26.4 Å². The number of sulfonamides is 1. The van der Waals surface area contributed by atoms with E-state index in [0.29, 0.717) is 21.3 Å². The van der Waals surface area contributed by atoms with Crippen LogP contribution in [0.5, 0.6) is 0 Å². The number of rotatable bonds is 6. The maximum atomic E-state index is 12.5. The molecule has 5 nitrogen and oxygen atoms in total. The highest BCUT2D eigenvalue weighted by atomic mass is 35.5. The summed E-state index contributed by atoms with van der Waals surface area (Å²) >= 11 is 12.0. The Hall–Kier alpha value is -1.76. The lowest BCUT2D eigenvalue weighted by atomic mass is 10.2. The highest BCUT2D eigenvalue weighted by molar-refractivity contribution is 7.92. The number of anilines is 1. The third-order valence-electron chi connectivity index (χ3n) is 3.85. The van der Waals surface area contributed by atoms with Crippen molar-refractivity contribution in [3.05, 3.63) is 63.6 Å². The minimum absolute atomic E-state index is 0.171. The molecular weight excluding hydrogens is 395 g/mol. The van der Waals surface area contributed by atoms with Crippen LogP contribution in [0.25, 0.3) is 0 Å². The molecule has 8 heteroatoms. The molecule has 0 fully saturated rings. The monoisotopic (exact) mass is 414 g/mol. The number of carbonyl (C=O) groups is 1. The fraction of sp³-hybridized carbons (Fsp3) is 0.278. The number of amides is 1. The molecule has 0 spiro atoms. The average molecular weight is 415 g/mol. The van der Waals surface area contributed by atoms with Gasteiger partial charge in [-0.25, -0.2) is 8.42 Å². The number of hydrogen-bond donors (Lipinski definition) is 1. The van der Waals surface area contributed by atoms with Crippen LogP contribution in [0.4, 0.5) is 5.69 Å². The normalized spacial score (nSPS) is 12.5. The van der Waals surface area contributed by atoms with Crippen molar-refractivity contribution in [2.24, 2.45) is 0 Å². The van der Waals surface area contributed by atoms with Crippen molar-refractivity contribution < 1.29 is 13.2 Å². The number of hydrogen-bond acceptors (Lipinski definition) is 3. The Labute approximate surface area is 164 Å². The van der Waals surface area contributed by atoms with Crippen LogP contribution in [0.1, 0.15) is 18.1 Å². The van der Waals surface area contributed by atoms with E-state index in [2.05, 4.69) is 5.32 Å². The van der Waals surface area contributed by atoms with Crippen molar-refractivity contribution in [3.63, 3.8) is 0 Å². The maximum absolute atomic E-state index is 12.5. The van der Waals surface area contributed by atoms with E-state index in [1.807, 2.05) is 6.92 Å². The first-order valence-electron chi connectivity index (χ1n) is 7.87. The van der Waals surface area contributed by atoms with Crippen LogP contribution in [0.3, 0.4) is 0 Å². The molecule has 0 aliphatic rings. The molecular formula is C18H20Cl2N2O3S. The van der Waals surface area contributed by atoms with Gasteiger partial charge in [-0.05, 0) is 43.7 Å². The first-order chi connectivity index (χ1) is 12.1. The first-order valence-corrected chi connectivity index (χ1v) is 10.5. The van der Waals surface area contributed by atoms with E-state index in [1.165, 1.54) is 0 Å². The molecule has 26 heavy (non-hydrogen) atoms. The Balaban J connectivity index is 2.18. The zero-order valence-electron chi connectivity index (χ0n) is 14.7. The SMILES string of the molecule is Cc1ccc(N(C(C)C(=O)NCc2ccc(Cl)cc2Cl)S(C)(=O)=O)cc1. The molecule has 1 unspecified atom stereocenters. The van der Waals surface area contributed by atoms with Gasteiger partial charge < -0.3 is 5.32 Å². The maximum Gasteiger partial charge on any atom is 0.243 e. The standard InChI is InChI=1S/C18H20Cl2N2O3S/c1-12-4-8-16(9-5-12)22(26(3,24)25)13(2)18(23)21-11-14-6-7-15(19)10-17(14)20/h4-10,13H,11H2,1-3H3,(H,21,23). The van der Waals surface area contributed by atoms with Gasteiger partial charge in [-0.1, -0.05) is 47.0 Å². The lowest BCUT2D eigenvalue weighted by Crippen LogP contribution is -2.47. The third kappa shape index (κ3) is 5.13. The van der Waals surface area contributed by atoms with Crippen LogP contribution < -0.4 is 9.62 Å².